The van der Waals surface area contributed by atoms with Crippen LogP contribution in [0.1, 0.15) is 38.4 Å². The van der Waals surface area contributed by atoms with Crippen molar-refractivity contribution < 1.29 is 28.9 Å². The molecule has 2 heterocycles. The lowest BCUT2D eigenvalue weighted by Crippen LogP contribution is -2.44. The lowest BCUT2D eigenvalue weighted by molar-refractivity contribution is -0.0924. The fourth-order valence-electron chi connectivity index (χ4n) is 4.17. The van der Waals surface area contributed by atoms with Crippen LogP contribution in [-0.2, 0) is 20.9 Å². The number of aromatic amines is 1. The highest BCUT2D eigenvalue weighted by molar-refractivity contribution is 7.32. The van der Waals surface area contributed by atoms with Gasteiger partial charge in [-0.2, -0.15) is 0 Å². The number of ether oxygens (including phenoxy) is 1. The van der Waals surface area contributed by atoms with Crippen molar-refractivity contribution in [2.75, 3.05) is 0 Å². The summed E-state index contributed by atoms with van der Waals surface area (Å²) in [5.74, 6) is -0.705. The van der Waals surface area contributed by atoms with Crippen LogP contribution in [0.2, 0.25) is 0 Å². The van der Waals surface area contributed by atoms with E-state index in [4.69, 9.17) is 9.26 Å². The molecule has 1 saturated heterocycles. The molecule has 0 radical (unpaired) electrons. The smallest absolute Gasteiger partial charge is 0.328 e. The summed E-state index contributed by atoms with van der Waals surface area (Å²) in [5.41, 5.74) is -4.10. The summed E-state index contributed by atoms with van der Waals surface area (Å²) in [6, 6.07) is 0. The highest BCUT2D eigenvalue weighted by Gasteiger charge is 2.81. The molecule has 26 heavy (non-hydrogen) atoms. The first-order valence-electron chi connectivity index (χ1n) is 8.40. The molecule has 0 amide bonds. The van der Waals surface area contributed by atoms with Crippen LogP contribution >= 0.6 is 8.25 Å². The van der Waals surface area contributed by atoms with Gasteiger partial charge >= 0.3 is 13.9 Å². The van der Waals surface area contributed by atoms with Gasteiger partial charge in [0.15, 0.2) is 0 Å². The van der Waals surface area contributed by atoms with E-state index in [2.05, 4.69) is 4.98 Å². The first-order chi connectivity index (χ1) is 12.1. The van der Waals surface area contributed by atoms with E-state index in [-0.39, 0.29) is 5.56 Å². The molecule has 0 bridgehead atoms. The third-order valence-electron chi connectivity index (χ3n) is 5.70. The van der Waals surface area contributed by atoms with Gasteiger partial charge in [-0.1, -0.05) is 13.8 Å². The minimum absolute atomic E-state index is 0.0224. The van der Waals surface area contributed by atoms with Gasteiger partial charge in [-0.15, -0.1) is 0 Å². The van der Waals surface area contributed by atoms with Crippen molar-refractivity contribution in [3.63, 3.8) is 0 Å². The number of H-pyrrole nitrogens is 1. The molecular weight excluding hydrogens is 367 g/mol. The number of rotatable bonds is 6. The summed E-state index contributed by atoms with van der Waals surface area (Å²) in [5, 5.41) is 21.6. The van der Waals surface area contributed by atoms with Crippen molar-refractivity contribution >= 4 is 8.25 Å². The maximum Gasteiger partial charge on any atom is 0.328 e. The maximum atomic E-state index is 12.1. The van der Waals surface area contributed by atoms with Crippen LogP contribution < -0.4 is 11.2 Å². The van der Waals surface area contributed by atoms with Crippen molar-refractivity contribution in [3.05, 3.63) is 32.6 Å². The Labute approximate surface area is 149 Å². The number of aliphatic hydroxyl groups excluding tert-OH is 1. The highest BCUT2D eigenvalue weighted by Crippen LogP contribution is 2.65. The molecule has 1 aromatic heterocycles. The molecule has 3 unspecified atom stereocenters. The predicted molar refractivity (Wildman–Crippen MR) is 90.0 cm³/mol. The number of nitrogens with one attached hydrogen (secondary N) is 1. The van der Waals surface area contributed by atoms with E-state index in [1.807, 2.05) is 0 Å². The Kier molecular flexibility index (Phi) is 4.79. The molecule has 6 atom stereocenters. The third kappa shape index (κ3) is 2.64. The number of fused-ring (bicyclic) bond motifs is 1. The third-order valence-corrected chi connectivity index (χ3v) is 6.28. The Bertz CT molecular complexity index is 847. The minimum atomic E-state index is -3.27. The van der Waals surface area contributed by atoms with Crippen LogP contribution in [0.15, 0.2) is 15.8 Å². The van der Waals surface area contributed by atoms with Gasteiger partial charge in [0.05, 0.1) is 23.2 Å². The van der Waals surface area contributed by atoms with Gasteiger partial charge < -0.3 is 28.9 Å². The molecule has 1 aliphatic heterocycles. The van der Waals surface area contributed by atoms with Gasteiger partial charge in [-0.05, 0) is 12.8 Å². The molecule has 2 fully saturated rings. The van der Waals surface area contributed by atoms with Crippen molar-refractivity contribution in [1.82, 2.24) is 9.55 Å². The van der Waals surface area contributed by atoms with Crippen LogP contribution in [0.4, 0.5) is 0 Å². The second-order valence-corrected chi connectivity index (χ2v) is 7.62. The summed E-state index contributed by atoms with van der Waals surface area (Å²) in [7, 11) is -1.83. The lowest BCUT2D eigenvalue weighted by atomic mass is 9.86. The molecule has 146 valence electrons. The summed E-state index contributed by atoms with van der Waals surface area (Å²) >= 11 is 0. The Morgan fingerprint density at radius 1 is 1.42 bits per heavy atom. The van der Waals surface area contributed by atoms with Crippen LogP contribution in [0.3, 0.4) is 0 Å². The number of aromatic nitrogens is 2. The number of hydrogen-bond donors (Lipinski definition) is 4. The highest BCUT2D eigenvalue weighted by atomic mass is 31.1. The molecule has 10 nitrogen and oxygen atoms in total. The van der Waals surface area contributed by atoms with Crippen LogP contribution in [-0.4, -0.2) is 48.1 Å². The second-order valence-electron chi connectivity index (χ2n) is 6.88. The maximum absolute atomic E-state index is 12.1. The topological polar surface area (TPSA) is 151 Å². The quantitative estimate of drug-likeness (QED) is 0.461. The zero-order chi connectivity index (χ0) is 19.4. The van der Waals surface area contributed by atoms with Crippen molar-refractivity contribution in [2.24, 2.45) is 13.0 Å². The fourth-order valence-corrected chi connectivity index (χ4v) is 4.94. The molecule has 1 saturated carbocycles. The Balaban J connectivity index is 1.92. The largest absolute Gasteiger partial charge is 0.387 e. The van der Waals surface area contributed by atoms with Crippen molar-refractivity contribution in [2.45, 2.75) is 56.2 Å². The first kappa shape index (κ1) is 19.5. The van der Waals surface area contributed by atoms with Gasteiger partial charge in [0.2, 0.25) is 0 Å². The first-order valence-corrected chi connectivity index (χ1v) is 9.66. The molecule has 0 spiro atoms. The van der Waals surface area contributed by atoms with Crippen LogP contribution in [0, 0.1) is 5.92 Å². The van der Waals surface area contributed by atoms with E-state index in [0.29, 0.717) is 12.8 Å². The van der Waals surface area contributed by atoms with E-state index in [0.717, 1.165) is 4.57 Å². The second kappa shape index (κ2) is 6.40. The molecule has 2 aliphatic rings. The Morgan fingerprint density at radius 3 is 2.50 bits per heavy atom. The van der Waals surface area contributed by atoms with Gasteiger partial charge in [0, 0.05) is 13.2 Å². The summed E-state index contributed by atoms with van der Waals surface area (Å²) in [6.45, 7) is 3.51. The van der Waals surface area contributed by atoms with E-state index in [1.165, 1.54) is 13.2 Å². The Morgan fingerprint density at radius 2 is 2.04 bits per heavy atom. The van der Waals surface area contributed by atoms with E-state index >= 15 is 0 Å². The molecule has 4 N–H and O–H groups in total. The van der Waals surface area contributed by atoms with Crippen molar-refractivity contribution in [3.8, 4) is 0 Å². The van der Waals surface area contributed by atoms with Crippen molar-refractivity contribution in [1.29, 1.82) is 0 Å². The van der Waals surface area contributed by atoms with Gasteiger partial charge in [-0.25, -0.2) is 4.79 Å². The molecule has 1 aliphatic carbocycles. The van der Waals surface area contributed by atoms with Crippen LogP contribution in [0.5, 0.6) is 0 Å². The van der Waals surface area contributed by atoms with E-state index in [9.17, 15) is 29.3 Å². The fraction of sp³-hybridized carbons (Fsp3) is 0.733. The number of hydrogen-bond acceptors (Lipinski definition) is 7. The molecule has 11 heteroatoms. The average molecular weight is 390 g/mol. The molecular formula is C15H23N2O8P. The monoisotopic (exact) mass is 390 g/mol. The van der Waals surface area contributed by atoms with Gasteiger partial charge in [0.25, 0.3) is 5.56 Å². The van der Waals surface area contributed by atoms with Crippen LogP contribution in [0.25, 0.3) is 0 Å². The average Bonchev–Trinajstić information content (AvgIpc) is 3.10. The van der Waals surface area contributed by atoms with Gasteiger partial charge in [-0.3, -0.25) is 14.3 Å². The number of aryl methyl sites for hydroxylation is 1. The number of nitrogens with zero attached hydrogens (tertiary/aromatic N) is 1. The zero-order valence-electron chi connectivity index (χ0n) is 14.6. The lowest BCUT2D eigenvalue weighted by Gasteiger charge is -2.35. The van der Waals surface area contributed by atoms with Gasteiger partial charge in [0.1, 0.15) is 17.8 Å². The normalized spacial score (nSPS) is 34.5. The molecule has 3 rings (SSSR count). The number of aliphatic hydroxyl groups is 2. The molecule has 1 aromatic rings. The predicted octanol–water partition coefficient (Wildman–Crippen LogP) is -0.807. The standard InChI is InChI=1S/C15H23N2O8P/c1-4-14(5-2,25-26(22)23)9-11-15(9,21)10(18)8(24-11)7-6-17(3)13(20)16-12(7)19/h6,8-11,18,21,26H,4-5H2,1-3H3,(H,22,23)(H,16,19,20)/t8?,9?,10-,11+,15-/m0/s1. The molecule has 0 aromatic carbocycles. The van der Waals surface area contributed by atoms with E-state index in [1.54, 1.807) is 13.8 Å². The summed E-state index contributed by atoms with van der Waals surface area (Å²) < 4.78 is 23.4. The van der Waals surface area contributed by atoms with E-state index < -0.39 is 54.9 Å². The SMILES string of the molecule is CCC(CC)(O[PH](=O)O)C1[C@H]2OC(c3cn(C)c(=O)[nH]c3=O)[C@H](O)[C@@]12O. The zero-order valence-corrected chi connectivity index (χ0v) is 15.6. The summed E-state index contributed by atoms with van der Waals surface area (Å²) in [4.78, 5) is 34.9. The Hall–Kier alpha value is -1.29. The minimum Gasteiger partial charge on any atom is -0.387 e. The summed E-state index contributed by atoms with van der Waals surface area (Å²) in [6.07, 6.45) is -1.47.